The zero-order valence-corrected chi connectivity index (χ0v) is 8.98. The van der Waals surface area contributed by atoms with Crippen molar-refractivity contribution < 1.29 is 9.66 Å². The van der Waals surface area contributed by atoms with Crippen molar-refractivity contribution in [1.29, 1.82) is 0 Å². The molecule has 0 unspecified atom stereocenters. The predicted molar refractivity (Wildman–Crippen MR) is 57.0 cm³/mol. The van der Waals surface area contributed by atoms with Crippen molar-refractivity contribution in [3.63, 3.8) is 0 Å². The van der Waals surface area contributed by atoms with Gasteiger partial charge >= 0.3 is 5.69 Å². The van der Waals surface area contributed by atoms with E-state index < -0.39 is 4.92 Å². The minimum atomic E-state index is -0.569. The van der Waals surface area contributed by atoms with E-state index in [1.807, 2.05) is 0 Å². The molecule has 0 radical (unpaired) electrons. The van der Waals surface area contributed by atoms with Crippen LogP contribution in [0.2, 0.25) is 0 Å². The Hall–Kier alpha value is -2.51. The van der Waals surface area contributed by atoms with Gasteiger partial charge in [-0.25, -0.2) is 9.97 Å². The van der Waals surface area contributed by atoms with Gasteiger partial charge in [0.25, 0.3) is 5.88 Å². The SMILES string of the molecule is CCOc1ncnc(-n2ccnc2)c1[N+](=O)[O-]. The van der Waals surface area contributed by atoms with E-state index in [4.69, 9.17) is 4.74 Å². The maximum absolute atomic E-state index is 11.0. The van der Waals surface area contributed by atoms with E-state index in [-0.39, 0.29) is 17.4 Å². The standard InChI is InChI=1S/C9H9N5O3/c1-2-17-9-7(14(15)16)8(11-5-12-9)13-4-3-10-6-13/h3-6H,2H2,1H3. The summed E-state index contributed by atoms with van der Waals surface area (Å²) in [4.78, 5) is 21.9. The van der Waals surface area contributed by atoms with Crippen LogP contribution in [0.3, 0.4) is 0 Å². The second-order valence-electron chi connectivity index (χ2n) is 3.01. The van der Waals surface area contributed by atoms with Gasteiger partial charge in [0.05, 0.1) is 11.5 Å². The topological polar surface area (TPSA) is 96.0 Å². The normalized spacial score (nSPS) is 10.2. The van der Waals surface area contributed by atoms with Gasteiger partial charge in [0.1, 0.15) is 12.7 Å². The third-order valence-corrected chi connectivity index (χ3v) is 1.98. The highest BCUT2D eigenvalue weighted by atomic mass is 16.6. The Labute approximate surface area is 96.1 Å². The maximum Gasteiger partial charge on any atom is 0.373 e. The van der Waals surface area contributed by atoms with E-state index in [0.29, 0.717) is 6.61 Å². The first-order valence-electron chi connectivity index (χ1n) is 4.84. The Bertz CT molecular complexity index is 525. The molecule has 0 spiro atoms. The van der Waals surface area contributed by atoms with Crippen LogP contribution in [0.25, 0.3) is 5.82 Å². The molecule has 2 rings (SSSR count). The molecule has 0 aliphatic heterocycles. The number of nitrogens with zero attached hydrogens (tertiary/aromatic N) is 5. The van der Waals surface area contributed by atoms with Crippen LogP contribution < -0.4 is 4.74 Å². The van der Waals surface area contributed by atoms with Gasteiger partial charge in [-0.05, 0) is 6.92 Å². The van der Waals surface area contributed by atoms with Crippen LogP contribution in [-0.2, 0) is 0 Å². The molecule has 0 saturated carbocycles. The van der Waals surface area contributed by atoms with Gasteiger partial charge in [-0.3, -0.25) is 14.7 Å². The van der Waals surface area contributed by atoms with Crippen molar-refractivity contribution in [3.05, 3.63) is 35.2 Å². The summed E-state index contributed by atoms with van der Waals surface area (Å²) in [5.41, 5.74) is -0.271. The smallest absolute Gasteiger partial charge is 0.373 e. The molecule has 0 atom stereocenters. The van der Waals surface area contributed by atoms with Gasteiger partial charge in [-0.15, -0.1) is 0 Å². The fourth-order valence-corrected chi connectivity index (χ4v) is 1.33. The Balaban J connectivity index is 2.59. The first-order valence-corrected chi connectivity index (χ1v) is 4.84. The molecule has 0 fully saturated rings. The van der Waals surface area contributed by atoms with E-state index in [1.54, 1.807) is 13.1 Å². The summed E-state index contributed by atoms with van der Waals surface area (Å²) in [6.45, 7) is 2.02. The largest absolute Gasteiger partial charge is 0.473 e. The molecule has 0 bridgehead atoms. The van der Waals surface area contributed by atoms with Crippen molar-refractivity contribution >= 4 is 5.69 Å². The summed E-state index contributed by atoms with van der Waals surface area (Å²) < 4.78 is 6.54. The molecule has 0 saturated heterocycles. The molecule has 0 aliphatic rings. The van der Waals surface area contributed by atoms with Crippen molar-refractivity contribution in [2.45, 2.75) is 6.92 Å². The van der Waals surface area contributed by atoms with E-state index in [2.05, 4.69) is 15.0 Å². The number of aromatic nitrogens is 4. The lowest BCUT2D eigenvalue weighted by Gasteiger charge is -2.06. The van der Waals surface area contributed by atoms with Crippen LogP contribution >= 0.6 is 0 Å². The average molecular weight is 235 g/mol. The molecule has 17 heavy (non-hydrogen) atoms. The summed E-state index contributed by atoms with van der Waals surface area (Å²) in [5.74, 6) is 0.0853. The average Bonchev–Trinajstić information content (AvgIpc) is 2.82. The molecular weight excluding hydrogens is 226 g/mol. The first kappa shape index (κ1) is 11.0. The van der Waals surface area contributed by atoms with Gasteiger partial charge in [0.15, 0.2) is 0 Å². The maximum atomic E-state index is 11.0. The van der Waals surface area contributed by atoms with Crippen molar-refractivity contribution in [1.82, 2.24) is 19.5 Å². The zero-order chi connectivity index (χ0) is 12.3. The Morgan fingerprint density at radius 1 is 1.53 bits per heavy atom. The summed E-state index contributed by atoms with van der Waals surface area (Å²) in [7, 11) is 0. The number of ether oxygens (including phenoxy) is 1. The molecule has 0 N–H and O–H groups in total. The highest BCUT2D eigenvalue weighted by molar-refractivity contribution is 5.53. The molecule has 2 heterocycles. The minimum Gasteiger partial charge on any atom is -0.473 e. The third-order valence-electron chi connectivity index (χ3n) is 1.98. The lowest BCUT2D eigenvalue weighted by molar-refractivity contribution is -0.386. The molecule has 0 amide bonds. The lowest BCUT2D eigenvalue weighted by atomic mass is 10.4. The number of hydrogen-bond acceptors (Lipinski definition) is 6. The van der Waals surface area contributed by atoms with Crippen molar-refractivity contribution in [2.24, 2.45) is 0 Å². The van der Waals surface area contributed by atoms with E-state index >= 15 is 0 Å². The molecule has 88 valence electrons. The molecule has 0 aliphatic carbocycles. The van der Waals surface area contributed by atoms with Gasteiger partial charge in [0.2, 0.25) is 5.82 Å². The second-order valence-corrected chi connectivity index (χ2v) is 3.01. The van der Waals surface area contributed by atoms with E-state index in [0.717, 1.165) is 0 Å². The molecular formula is C9H9N5O3. The minimum absolute atomic E-state index is 0.0452. The van der Waals surface area contributed by atoms with Gasteiger partial charge in [0, 0.05) is 12.4 Å². The van der Waals surface area contributed by atoms with Gasteiger partial charge < -0.3 is 4.74 Å². The predicted octanol–water partition coefficient (Wildman–Crippen LogP) is 0.969. The second kappa shape index (κ2) is 4.56. The summed E-state index contributed by atoms with van der Waals surface area (Å²) in [6.07, 6.45) is 5.70. The zero-order valence-electron chi connectivity index (χ0n) is 8.98. The summed E-state index contributed by atoms with van der Waals surface area (Å²) in [5, 5.41) is 11.0. The Morgan fingerprint density at radius 3 is 2.94 bits per heavy atom. The number of imidazole rings is 1. The van der Waals surface area contributed by atoms with Crippen molar-refractivity contribution in [3.8, 4) is 11.7 Å². The van der Waals surface area contributed by atoms with Gasteiger partial charge in [-0.1, -0.05) is 0 Å². The van der Waals surface area contributed by atoms with Crippen LogP contribution in [0, 0.1) is 10.1 Å². The van der Waals surface area contributed by atoms with Gasteiger partial charge in [-0.2, -0.15) is 4.98 Å². The molecule has 8 heteroatoms. The van der Waals surface area contributed by atoms with E-state index in [1.165, 1.54) is 23.4 Å². The van der Waals surface area contributed by atoms with Crippen LogP contribution in [0.1, 0.15) is 6.92 Å². The molecule has 2 aromatic heterocycles. The van der Waals surface area contributed by atoms with E-state index in [9.17, 15) is 10.1 Å². The van der Waals surface area contributed by atoms with Crippen LogP contribution in [0.15, 0.2) is 25.0 Å². The quantitative estimate of drug-likeness (QED) is 0.578. The summed E-state index contributed by atoms with van der Waals surface area (Å²) in [6, 6.07) is 0. The third kappa shape index (κ3) is 2.05. The Morgan fingerprint density at radius 2 is 2.35 bits per heavy atom. The van der Waals surface area contributed by atoms with Crippen LogP contribution in [0.4, 0.5) is 5.69 Å². The first-order chi connectivity index (χ1) is 8.24. The fourth-order valence-electron chi connectivity index (χ4n) is 1.33. The lowest BCUT2D eigenvalue weighted by Crippen LogP contribution is -2.06. The number of rotatable bonds is 4. The van der Waals surface area contributed by atoms with Crippen molar-refractivity contribution in [2.75, 3.05) is 6.61 Å². The van der Waals surface area contributed by atoms with Crippen LogP contribution in [-0.4, -0.2) is 31.0 Å². The monoisotopic (exact) mass is 235 g/mol. The molecule has 2 aromatic rings. The number of nitro groups is 1. The molecule has 8 nitrogen and oxygen atoms in total. The molecule has 0 aromatic carbocycles. The fraction of sp³-hybridized carbons (Fsp3) is 0.222. The highest BCUT2D eigenvalue weighted by Crippen LogP contribution is 2.29. The number of hydrogen-bond donors (Lipinski definition) is 0. The van der Waals surface area contributed by atoms with Crippen LogP contribution in [0.5, 0.6) is 5.88 Å². The Kier molecular flexibility index (Phi) is 2.95. The summed E-state index contributed by atoms with van der Waals surface area (Å²) >= 11 is 0. The highest BCUT2D eigenvalue weighted by Gasteiger charge is 2.25.